The zero-order valence-corrected chi connectivity index (χ0v) is 14.1. The molecule has 0 saturated carbocycles. The van der Waals surface area contributed by atoms with E-state index in [4.69, 9.17) is 10.5 Å². The predicted molar refractivity (Wildman–Crippen MR) is 90.2 cm³/mol. The molecule has 0 atom stereocenters. The summed E-state index contributed by atoms with van der Waals surface area (Å²) in [6.45, 7) is 10.8. The van der Waals surface area contributed by atoms with E-state index < -0.39 is 5.60 Å². The van der Waals surface area contributed by atoms with Gasteiger partial charge in [-0.2, -0.15) is 0 Å². The number of benzene rings is 1. The number of amides is 1. The summed E-state index contributed by atoms with van der Waals surface area (Å²) in [5.41, 5.74) is 8.55. The van der Waals surface area contributed by atoms with Crippen LogP contribution in [-0.4, -0.2) is 42.8 Å². The minimum absolute atomic E-state index is 0.224. The fourth-order valence-electron chi connectivity index (χ4n) is 2.66. The Hall–Kier alpha value is -1.91. The van der Waals surface area contributed by atoms with Crippen molar-refractivity contribution in [3.63, 3.8) is 0 Å². The summed E-state index contributed by atoms with van der Waals surface area (Å²) in [6, 6.07) is 6.10. The van der Waals surface area contributed by atoms with Crippen LogP contribution in [0.15, 0.2) is 18.2 Å². The van der Waals surface area contributed by atoms with Crippen molar-refractivity contribution in [1.82, 2.24) is 4.90 Å². The highest BCUT2D eigenvalue weighted by molar-refractivity contribution is 5.68. The van der Waals surface area contributed by atoms with Crippen LogP contribution in [0.5, 0.6) is 0 Å². The van der Waals surface area contributed by atoms with Crippen LogP contribution in [0, 0.1) is 6.92 Å². The standard InChI is InChI=1S/C17H27N3O2/c1-13-10-14(18)12-15(11-13)19-6-5-7-20(9-8-19)16(21)22-17(2,3)4/h10-12H,5-9,18H2,1-4H3. The first kappa shape index (κ1) is 16.5. The second-order valence-electron chi connectivity index (χ2n) is 6.91. The van der Waals surface area contributed by atoms with Gasteiger partial charge in [-0.25, -0.2) is 4.79 Å². The van der Waals surface area contributed by atoms with E-state index in [1.54, 1.807) is 4.90 Å². The topological polar surface area (TPSA) is 58.8 Å². The van der Waals surface area contributed by atoms with Crippen molar-refractivity contribution < 1.29 is 9.53 Å². The van der Waals surface area contributed by atoms with Gasteiger partial charge in [0.1, 0.15) is 5.60 Å². The fraction of sp³-hybridized carbons (Fsp3) is 0.588. The molecule has 1 aromatic carbocycles. The molecule has 1 amide bonds. The number of hydrogen-bond acceptors (Lipinski definition) is 4. The van der Waals surface area contributed by atoms with Gasteiger partial charge in [-0.3, -0.25) is 0 Å². The molecule has 2 rings (SSSR count). The molecule has 5 nitrogen and oxygen atoms in total. The maximum atomic E-state index is 12.2. The minimum atomic E-state index is -0.450. The van der Waals surface area contributed by atoms with Gasteiger partial charge >= 0.3 is 6.09 Å². The predicted octanol–water partition coefficient (Wildman–Crippen LogP) is 3.02. The lowest BCUT2D eigenvalue weighted by Crippen LogP contribution is -2.39. The van der Waals surface area contributed by atoms with Crippen LogP contribution in [0.1, 0.15) is 32.8 Å². The van der Waals surface area contributed by atoms with Crippen LogP contribution >= 0.6 is 0 Å². The van der Waals surface area contributed by atoms with E-state index in [0.29, 0.717) is 6.54 Å². The second kappa shape index (κ2) is 6.46. The van der Waals surface area contributed by atoms with E-state index >= 15 is 0 Å². The molecule has 1 saturated heterocycles. The largest absolute Gasteiger partial charge is 0.444 e. The zero-order chi connectivity index (χ0) is 16.3. The molecule has 1 heterocycles. The molecular weight excluding hydrogens is 278 g/mol. The zero-order valence-electron chi connectivity index (χ0n) is 14.1. The highest BCUT2D eigenvalue weighted by Gasteiger charge is 2.24. The van der Waals surface area contributed by atoms with Gasteiger partial charge in [0.25, 0.3) is 0 Å². The third-order valence-corrected chi connectivity index (χ3v) is 3.60. The number of nitrogens with two attached hydrogens (primary N) is 1. The Morgan fingerprint density at radius 3 is 2.50 bits per heavy atom. The van der Waals surface area contributed by atoms with Gasteiger partial charge in [-0.05, 0) is 57.9 Å². The third-order valence-electron chi connectivity index (χ3n) is 3.60. The van der Waals surface area contributed by atoms with Crippen LogP contribution in [0.4, 0.5) is 16.2 Å². The molecule has 1 aliphatic rings. The average molecular weight is 305 g/mol. The molecule has 1 aliphatic heterocycles. The Bertz CT molecular complexity index is 517. The molecule has 0 spiro atoms. The second-order valence-corrected chi connectivity index (χ2v) is 6.91. The molecule has 122 valence electrons. The average Bonchev–Trinajstić information content (AvgIpc) is 2.61. The van der Waals surface area contributed by atoms with E-state index in [-0.39, 0.29) is 6.09 Å². The maximum Gasteiger partial charge on any atom is 0.410 e. The van der Waals surface area contributed by atoms with Gasteiger partial charge in [0.2, 0.25) is 0 Å². The quantitative estimate of drug-likeness (QED) is 0.810. The van der Waals surface area contributed by atoms with Crippen molar-refractivity contribution in [2.45, 2.75) is 39.7 Å². The Morgan fingerprint density at radius 1 is 1.14 bits per heavy atom. The van der Waals surface area contributed by atoms with Crippen molar-refractivity contribution in [1.29, 1.82) is 0 Å². The number of hydrogen-bond donors (Lipinski definition) is 1. The first-order valence-electron chi connectivity index (χ1n) is 7.85. The summed E-state index contributed by atoms with van der Waals surface area (Å²) < 4.78 is 5.46. The summed E-state index contributed by atoms with van der Waals surface area (Å²) in [6.07, 6.45) is 0.700. The lowest BCUT2D eigenvalue weighted by atomic mass is 10.2. The number of carbonyl (C=O) groups is 1. The van der Waals surface area contributed by atoms with Crippen molar-refractivity contribution in [2.75, 3.05) is 36.8 Å². The molecule has 2 N–H and O–H groups in total. The van der Waals surface area contributed by atoms with E-state index in [1.165, 1.54) is 0 Å². The number of anilines is 2. The van der Waals surface area contributed by atoms with Crippen molar-refractivity contribution in [3.05, 3.63) is 23.8 Å². The monoisotopic (exact) mass is 305 g/mol. The van der Waals surface area contributed by atoms with Crippen molar-refractivity contribution in [3.8, 4) is 0 Å². The smallest absolute Gasteiger partial charge is 0.410 e. The number of rotatable bonds is 1. The summed E-state index contributed by atoms with van der Waals surface area (Å²) in [5, 5.41) is 0. The van der Waals surface area contributed by atoms with Crippen LogP contribution in [0.2, 0.25) is 0 Å². The molecule has 0 aromatic heterocycles. The molecule has 0 radical (unpaired) electrons. The summed E-state index contributed by atoms with van der Waals surface area (Å²) >= 11 is 0. The third kappa shape index (κ3) is 4.55. The van der Waals surface area contributed by atoms with E-state index in [1.807, 2.05) is 39.8 Å². The van der Waals surface area contributed by atoms with E-state index in [0.717, 1.165) is 43.0 Å². The Labute approximate surface area is 133 Å². The maximum absolute atomic E-state index is 12.2. The van der Waals surface area contributed by atoms with E-state index in [9.17, 15) is 4.79 Å². The molecule has 0 unspecified atom stereocenters. The first-order chi connectivity index (χ1) is 10.2. The highest BCUT2D eigenvalue weighted by Crippen LogP contribution is 2.22. The summed E-state index contributed by atoms with van der Waals surface area (Å²) in [5.74, 6) is 0. The minimum Gasteiger partial charge on any atom is -0.444 e. The van der Waals surface area contributed by atoms with Gasteiger partial charge in [0.05, 0.1) is 0 Å². The molecule has 22 heavy (non-hydrogen) atoms. The van der Waals surface area contributed by atoms with Gasteiger partial charge in [-0.15, -0.1) is 0 Å². The fourth-order valence-corrected chi connectivity index (χ4v) is 2.66. The highest BCUT2D eigenvalue weighted by atomic mass is 16.6. The molecular formula is C17H27N3O2. The number of nitrogen functional groups attached to an aromatic ring is 1. The lowest BCUT2D eigenvalue weighted by Gasteiger charge is -2.27. The van der Waals surface area contributed by atoms with Crippen molar-refractivity contribution >= 4 is 17.5 Å². The lowest BCUT2D eigenvalue weighted by molar-refractivity contribution is 0.0263. The number of carbonyl (C=O) groups excluding carboxylic acids is 1. The van der Waals surface area contributed by atoms with Crippen molar-refractivity contribution in [2.24, 2.45) is 0 Å². The van der Waals surface area contributed by atoms with Crippen LogP contribution in [-0.2, 0) is 4.74 Å². The van der Waals surface area contributed by atoms with Crippen LogP contribution < -0.4 is 10.6 Å². The van der Waals surface area contributed by atoms with Gasteiger partial charge < -0.3 is 20.3 Å². The van der Waals surface area contributed by atoms with Crippen LogP contribution in [0.3, 0.4) is 0 Å². The summed E-state index contributed by atoms with van der Waals surface area (Å²) in [7, 11) is 0. The molecule has 0 aliphatic carbocycles. The van der Waals surface area contributed by atoms with Gasteiger partial charge in [-0.1, -0.05) is 0 Å². The van der Waals surface area contributed by atoms with Gasteiger partial charge in [0, 0.05) is 37.6 Å². The number of ether oxygens (including phenoxy) is 1. The summed E-state index contributed by atoms with van der Waals surface area (Å²) in [4.78, 5) is 16.3. The van der Waals surface area contributed by atoms with Crippen LogP contribution in [0.25, 0.3) is 0 Å². The Morgan fingerprint density at radius 2 is 1.86 bits per heavy atom. The Balaban J connectivity index is 2.02. The van der Waals surface area contributed by atoms with Gasteiger partial charge in [0.15, 0.2) is 0 Å². The Kier molecular flexibility index (Phi) is 4.84. The molecule has 5 heteroatoms. The van der Waals surface area contributed by atoms with E-state index in [2.05, 4.69) is 11.0 Å². The normalized spacial score (nSPS) is 16.4. The first-order valence-corrected chi connectivity index (χ1v) is 7.85. The molecule has 1 aromatic rings. The molecule has 0 bridgehead atoms. The number of nitrogens with zero attached hydrogens (tertiary/aromatic N) is 2. The molecule has 1 fully saturated rings. The number of aryl methyl sites for hydroxylation is 1. The SMILES string of the molecule is Cc1cc(N)cc(N2CCCN(C(=O)OC(C)(C)C)CC2)c1.